The lowest BCUT2D eigenvalue weighted by Gasteiger charge is -2.07. The number of halogens is 3. The molecule has 2 aromatic rings. The first-order chi connectivity index (χ1) is 11.1. The van der Waals surface area contributed by atoms with Crippen molar-refractivity contribution in [1.82, 2.24) is 0 Å². The van der Waals surface area contributed by atoms with Crippen LogP contribution >= 0.6 is 23.2 Å². The lowest BCUT2D eigenvalue weighted by Crippen LogP contribution is -2.84. The van der Waals surface area contributed by atoms with Crippen LogP contribution in [0.2, 0.25) is 10.0 Å². The summed E-state index contributed by atoms with van der Waals surface area (Å²) in [5, 5.41) is 7.17. The zero-order chi connectivity index (χ0) is 16.2. The Morgan fingerprint density at radius 3 is 2.78 bits per heavy atom. The minimum Gasteiger partial charge on any atom is -0.386 e. The van der Waals surface area contributed by atoms with Crippen molar-refractivity contribution in [2.24, 2.45) is 5.16 Å². The van der Waals surface area contributed by atoms with Gasteiger partial charge in [-0.05, 0) is 18.2 Å². The molecule has 0 saturated carbocycles. The van der Waals surface area contributed by atoms with Crippen molar-refractivity contribution in [1.29, 1.82) is 0 Å². The molecule has 0 bridgehead atoms. The number of benzene rings is 2. The van der Waals surface area contributed by atoms with E-state index in [0.717, 1.165) is 11.3 Å². The Morgan fingerprint density at radius 1 is 1.17 bits per heavy atom. The van der Waals surface area contributed by atoms with Gasteiger partial charge in [-0.2, -0.15) is 0 Å². The summed E-state index contributed by atoms with van der Waals surface area (Å²) in [6, 6.07) is 12.2. The van der Waals surface area contributed by atoms with E-state index in [9.17, 15) is 4.39 Å². The van der Waals surface area contributed by atoms with Crippen molar-refractivity contribution >= 4 is 28.9 Å². The first-order valence-electron chi connectivity index (χ1n) is 7.36. The van der Waals surface area contributed by atoms with Gasteiger partial charge < -0.3 is 10.2 Å². The number of nitrogens with two attached hydrogens (primary N) is 1. The van der Waals surface area contributed by atoms with Gasteiger partial charge in [0.25, 0.3) is 0 Å². The fourth-order valence-electron chi connectivity index (χ4n) is 2.49. The van der Waals surface area contributed by atoms with E-state index in [4.69, 9.17) is 28.0 Å². The number of rotatable bonds is 5. The molecule has 0 aromatic heterocycles. The van der Waals surface area contributed by atoms with Gasteiger partial charge in [-0.1, -0.05) is 52.6 Å². The van der Waals surface area contributed by atoms with Gasteiger partial charge in [0.1, 0.15) is 18.9 Å². The third-order valence-electron chi connectivity index (χ3n) is 3.74. The SMILES string of the molecule is Fc1ccccc1C[NH2+]C[C@H]1CC(c2ccc(Cl)c(Cl)c2)=NO1. The van der Waals surface area contributed by atoms with E-state index in [1.807, 2.05) is 17.4 Å². The maximum absolute atomic E-state index is 13.5. The van der Waals surface area contributed by atoms with Gasteiger partial charge in [-0.15, -0.1) is 0 Å². The molecular weight excluding hydrogens is 338 g/mol. The van der Waals surface area contributed by atoms with Gasteiger partial charge in [0, 0.05) is 17.5 Å². The maximum Gasteiger partial charge on any atom is 0.181 e. The molecule has 0 radical (unpaired) electrons. The summed E-state index contributed by atoms with van der Waals surface area (Å²) in [5.41, 5.74) is 2.46. The quantitative estimate of drug-likeness (QED) is 0.878. The van der Waals surface area contributed by atoms with Crippen LogP contribution in [0.1, 0.15) is 17.5 Å². The molecule has 0 aliphatic carbocycles. The third kappa shape index (κ3) is 4.02. The molecule has 3 nitrogen and oxygen atoms in total. The van der Waals surface area contributed by atoms with Crippen LogP contribution in [-0.4, -0.2) is 18.4 Å². The summed E-state index contributed by atoms with van der Waals surface area (Å²) < 4.78 is 13.5. The molecule has 1 aliphatic rings. The summed E-state index contributed by atoms with van der Waals surface area (Å²) in [4.78, 5) is 5.45. The summed E-state index contributed by atoms with van der Waals surface area (Å²) >= 11 is 11.9. The molecule has 2 aromatic carbocycles. The smallest absolute Gasteiger partial charge is 0.181 e. The van der Waals surface area contributed by atoms with Gasteiger partial charge in [-0.3, -0.25) is 0 Å². The summed E-state index contributed by atoms with van der Waals surface area (Å²) in [6.07, 6.45) is 0.678. The van der Waals surface area contributed by atoms with Crippen LogP contribution in [0.3, 0.4) is 0 Å². The normalized spacial score (nSPS) is 17.0. The topological polar surface area (TPSA) is 38.2 Å². The summed E-state index contributed by atoms with van der Waals surface area (Å²) in [6.45, 7) is 1.29. The van der Waals surface area contributed by atoms with E-state index in [-0.39, 0.29) is 11.9 Å². The second kappa shape index (κ2) is 7.30. The highest BCUT2D eigenvalue weighted by atomic mass is 35.5. The Bertz CT molecular complexity index is 736. The van der Waals surface area contributed by atoms with Crippen LogP contribution < -0.4 is 5.32 Å². The maximum atomic E-state index is 13.5. The highest BCUT2D eigenvalue weighted by Gasteiger charge is 2.24. The highest BCUT2D eigenvalue weighted by Crippen LogP contribution is 2.25. The molecule has 3 rings (SSSR count). The van der Waals surface area contributed by atoms with Crippen LogP contribution in [0, 0.1) is 5.82 Å². The molecule has 0 unspecified atom stereocenters. The van der Waals surface area contributed by atoms with Crippen LogP contribution in [0.15, 0.2) is 47.6 Å². The number of hydrogen-bond acceptors (Lipinski definition) is 2. The van der Waals surface area contributed by atoms with Crippen LogP contribution in [0.4, 0.5) is 4.39 Å². The first-order valence-corrected chi connectivity index (χ1v) is 8.12. The zero-order valence-corrected chi connectivity index (χ0v) is 13.8. The molecule has 1 atom stereocenters. The first kappa shape index (κ1) is 16.2. The number of oxime groups is 1. The predicted octanol–water partition coefficient (Wildman–Crippen LogP) is 3.39. The minimum absolute atomic E-state index is 0.0220. The van der Waals surface area contributed by atoms with Gasteiger partial charge in [0.05, 0.1) is 15.8 Å². The Morgan fingerprint density at radius 2 is 2.00 bits per heavy atom. The molecule has 2 N–H and O–H groups in total. The summed E-state index contributed by atoms with van der Waals surface area (Å²) in [5.74, 6) is -0.177. The highest BCUT2D eigenvalue weighted by molar-refractivity contribution is 6.42. The largest absolute Gasteiger partial charge is 0.386 e. The zero-order valence-electron chi connectivity index (χ0n) is 12.3. The molecule has 1 aliphatic heterocycles. The fraction of sp³-hybridized carbons (Fsp3) is 0.235. The lowest BCUT2D eigenvalue weighted by atomic mass is 10.1. The monoisotopic (exact) mass is 353 g/mol. The van der Waals surface area contributed by atoms with Crippen molar-refractivity contribution < 1.29 is 14.5 Å². The molecule has 1 heterocycles. The van der Waals surface area contributed by atoms with Crippen molar-refractivity contribution in [3.05, 3.63) is 69.5 Å². The van der Waals surface area contributed by atoms with Gasteiger partial charge in [0.15, 0.2) is 6.10 Å². The minimum atomic E-state index is -0.177. The Balaban J connectivity index is 1.51. The predicted molar refractivity (Wildman–Crippen MR) is 89.4 cm³/mol. The van der Waals surface area contributed by atoms with Gasteiger partial charge in [0.2, 0.25) is 0 Å². The molecule has 0 spiro atoms. The van der Waals surface area contributed by atoms with E-state index in [0.29, 0.717) is 35.1 Å². The summed E-state index contributed by atoms with van der Waals surface area (Å²) in [7, 11) is 0. The van der Waals surface area contributed by atoms with E-state index in [1.165, 1.54) is 6.07 Å². The van der Waals surface area contributed by atoms with Gasteiger partial charge >= 0.3 is 0 Å². The standard InChI is InChI=1S/C17H15Cl2FN2O/c18-14-6-5-11(7-15(14)19)17-8-13(23-22-17)10-21-9-12-3-1-2-4-16(12)20/h1-7,13,21H,8-10H2/p+1/t13-/m1/s1. The Labute approximate surface area is 144 Å². The molecule has 23 heavy (non-hydrogen) atoms. The van der Waals surface area contributed by atoms with Crippen molar-refractivity contribution in [3.8, 4) is 0 Å². The number of hydrogen-bond donors (Lipinski definition) is 1. The fourth-order valence-corrected chi connectivity index (χ4v) is 2.79. The second-order valence-electron chi connectivity index (χ2n) is 5.42. The van der Waals surface area contributed by atoms with Crippen molar-refractivity contribution in [2.45, 2.75) is 19.1 Å². The molecule has 6 heteroatoms. The van der Waals surface area contributed by atoms with E-state index >= 15 is 0 Å². The average Bonchev–Trinajstić information content (AvgIpc) is 3.01. The number of nitrogens with zero attached hydrogens (tertiary/aromatic N) is 1. The van der Waals surface area contributed by atoms with Gasteiger partial charge in [-0.25, -0.2) is 4.39 Å². The van der Waals surface area contributed by atoms with E-state index in [2.05, 4.69) is 5.16 Å². The van der Waals surface area contributed by atoms with Crippen molar-refractivity contribution in [3.63, 3.8) is 0 Å². The lowest BCUT2D eigenvalue weighted by molar-refractivity contribution is -0.676. The average molecular weight is 354 g/mol. The number of quaternary nitrogens is 1. The third-order valence-corrected chi connectivity index (χ3v) is 4.48. The Hall–Kier alpha value is -1.62. The molecule has 0 amide bonds. The van der Waals surface area contributed by atoms with Crippen LogP contribution in [0.25, 0.3) is 0 Å². The molecule has 0 saturated heterocycles. The molecule has 120 valence electrons. The van der Waals surface area contributed by atoms with Crippen LogP contribution in [-0.2, 0) is 11.4 Å². The van der Waals surface area contributed by atoms with Crippen molar-refractivity contribution in [2.75, 3.05) is 6.54 Å². The van der Waals surface area contributed by atoms with Crippen LogP contribution in [0.5, 0.6) is 0 Å². The van der Waals surface area contributed by atoms with E-state index in [1.54, 1.807) is 24.3 Å². The second-order valence-corrected chi connectivity index (χ2v) is 6.23. The Kier molecular flexibility index (Phi) is 5.16. The molecular formula is C17H16Cl2FN2O+. The van der Waals surface area contributed by atoms with E-state index < -0.39 is 0 Å². The molecule has 0 fully saturated rings.